The summed E-state index contributed by atoms with van der Waals surface area (Å²) < 4.78 is 0. The maximum Gasteiger partial charge on any atom is 0.143 e. The van der Waals surface area contributed by atoms with Crippen molar-refractivity contribution in [2.75, 3.05) is 0 Å². The fourth-order valence-corrected chi connectivity index (χ4v) is 3.25. The molecule has 0 bridgehead atoms. The number of allylic oxidation sites excluding steroid dienone is 3. The highest BCUT2D eigenvalue weighted by atomic mass is 16.1. The first kappa shape index (κ1) is 18.2. The lowest BCUT2D eigenvalue weighted by Gasteiger charge is -2.29. The van der Waals surface area contributed by atoms with Gasteiger partial charge in [-0.1, -0.05) is 64.7 Å². The Kier molecular flexibility index (Phi) is 8.64. The number of carbonyl (C=O) groups is 1. The first-order valence-corrected chi connectivity index (χ1v) is 8.96. The fraction of sp³-hybridized carbons (Fsp3) is 0.750. The SMILES string of the molecule is C=C/C(=C\C)C(CCC(C)CCCCC)C(=O)C1CCC1. The van der Waals surface area contributed by atoms with Gasteiger partial charge in [-0.25, -0.2) is 0 Å². The van der Waals surface area contributed by atoms with Crippen molar-refractivity contribution in [3.05, 3.63) is 24.3 Å². The number of hydrogen-bond donors (Lipinski definition) is 0. The first-order chi connectivity index (χ1) is 10.1. The van der Waals surface area contributed by atoms with Gasteiger partial charge in [-0.15, -0.1) is 0 Å². The van der Waals surface area contributed by atoms with Gasteiger partial charge in [0.1, 0.15) is 5.78 Å². The maximum atomic E-state index is 12.7. The Labute approximate surface area is 131 Å². The van der Waals surface area contributed by atoms with Crippen molar-refractivity contribution in [2.45, 2.75) is 78.6 Å². The molecule has 0 amide bonds. The van der Waals surface area contributed by atoms with Crippen LogP contribution in [0.3, 0.4) is 0 Å². The van der Waals surface area contributed by atoms with Crippen LogP contribution in [0, 0.1) is 17.8 Å². The highest BCUT2D eigenvalue weighted by Crippen LogP contribution is 2.34. The van der Waals surface area contributed by atoms with Crippen LogP contribution < -0.4 is 0 Å². The molecule has 120 valence electrons. The van der Waals surface area contributed by atoms with Crippen LogP contribution in [0.4, 0.5) is 0 Å². The van der Waals surface area contributed by atoms with E-state index in [4.69, 9.17) is 0 Å². The monoisotopic (exact) mass is 290 g/mol. The summed E-state index contributed by atoms with van der Waals surface area (Å²) in [6, 6.07) is 0. The molecule has 1 saturated carbocycles. The van der Waals surface area contributed by atoms with E-state index < -0.39 is 0 Å². The van der Waals surface area contributed by atoms with Crippen LogP contribution in [0.1, 0.15) is 78.6 Å². The third kappa shape index (κ3) is 5.80. The topological polar surface area (TPSA) is 17.1 Å². The molecular weight excluding hydrogens is 256 g/mol. The number of rotatable bonds is 11. The minimum Gasteiger partial charge on any atom is -0.299 e. The molecule has 1 aliphatic rings. The average molecular weight is 290 g/mol. The van der Waals surface area contributed by atoms with E-state index in [2.05, 4.69) is 26.5 Å². The van der Waals surface area contributed by atoms with Gasteiger partial charge in [-0.2, -0.15) is 0 Å². The van der Waals surface area contributed by atoms with Gasteiger partial charge in [0, 0.05) is 11.8 Å². The lowest BCUT2D eigenvalue weighted by Crippen LogP contribution is -2.29. The van der Waals surface area contributed by atoms with Crippen molar-refractivity contribution in [3.63, 3.8) is 0 Å². The molecule has 21 heavy (non-hydrogen) atoms. The van der Waals surface area contributed by atoms with E-state index in [-0.39, 0.29) is 5.92 Å². The third-order valence-electron chi connectivity index (χ3n) is 5.07. The average Bonchev–Trinajstić information content (AvgIpc) is 2.41. The predicted molar refractivity (Wildman–Crippen MR) is 92.3 cm³/mol. The largest absolute Gasteiger partial charge is 0.299 e. The van der Waals surface area contributed by atoms with Crippen LogP contribution >= 0.6 is 0 Å². The summed E-state index contributed by atoms with van der Waals surface area (Å²) in [6.45, 7) is 10.5. The molecule has 1 fully saturated rings. The molecule has 0 aromatic carbocycles. The Hall–Kier alpha value is -0.850. The molecular formula is C20H34O. The number of Topliss-reactive ketones (excluding diaryl/α,β-unsaturated/α-hetero) is 1. The van der Waals surface area contributed by atoms with Gasteiger partial charge < -0.3 is 0 Å². The van der Waals surface area contributed by atoms with Crippen molar-refractivity contribution in [1.29, 1.82) is 0 Å². The van der Waals surface area contributed by atoms with E-state index in [0.29, 0.717) is 11.7 Å². The molecule has 0 heterocycles. The van der Waals surface area contributed by atoms with Gasteiger partial charge in [-0.3, -0.25) is 4.79 Å². The number of carbonyl (C=O) groups excluding carboxylic acids is 1. The number of unbranched alkanes of at least 4 members (excludes halogenated alkanes) is 2. The Bertz CT molecular complexity index is 349. The Morgan fingerprint density at radius 1 is 1.24 bits per heavy atom. The molecule has 0 aliphatic heterocycles. The van der Waals surface area contributed by atoms with Gasteiger partial charge in [0.05, 0.1) is 0 Å². The van der Waals surface area contributed by atoms with Crippen LogP contribution in [-0.2, 0) is 4.79 Å². The van der Waals surface area contributed by atoms with E-state index >= 15 is 0 Å². The molecule has 1 aliphatic carbocycles. The summed E-state index contributed by atoms with van der Waals surface area (Å²) >= 11 is 0. The molecule has 1 heteroatoms. The lowest BCUT2D eigenvalue weighted by molar-refractivity contribution is -0.128. The van der Waals surface area contributed by atoms with Crippen LogP contribution in [-0.4, -0.2) is 5.78 Å². The van der Waals surface area contributed by atoms with Gasteiger partial charge >= 0.3 is 0 Å². The van der Waals surface area contributed by atoms with Gasteiger partial charge in [-0.05, 0) is 44.1 Å². The Morgan fingerprint density at radius 2 is 1.95 bits per heavy atom. The van der Waals surface area contributed by atoms with Crippen molar-refractivity contribution in [2.24, 2.45) is 17.8 Å². The number of ketones is 1. The minimum absolute atomic E-state index is 0.103. The molecule has 1 rings (SSSR count). The van der Waals surface area contributed by atoms with Crippen molar-refractivity contribution in [3.8, 4) is 0 Å². The van der Waals surface area contributed by atoms with Crippen LogP contribution in [0.25, 0.3) is 0 Å². The van der Waals surface area contributed by atoms with Crippen molar-refractivity contribution in [1.82, 2.24) is 0 Å². The normalized spacial score (nSPS) is 18.9. The summed E-state index contributed by atoms with van der Waals surface area (Å²) in [7, 11) is 0. The number of hydrogen-bond acceptors (Lipinski definition) is 1. The highest BCUT2D eigenvalue weighted by Gasteiger charge is 2.32. The fourth-order valence-electron chi connectivity index (χ4n) is 3.25. The quantitative estimate of drug-likeness (QED) is 0.332. The molecule has 2 atom stereocenters. The predicted octanol–water partition coefficient (Wildman–Crippen LogP) is 6.10. The zero-order valence-electron chi connectivity index (χ0n) is 14.4. The Morgan fingerprint density at radius 3 is 2.43 bits per heavy atom. The molecule has 0 aromatic heterocycles. The summed E-state index contributed by atoms with van der Waals surface area (Å²) in [6.07, 6.45) is 14.8. The summed E-state index contributed by atoms with van der Waals surface area (Å²) in [5.74, 6) is 1.65. The van der Waals surface area contributed by atoms with Gasteiger partial charge in [0.2, 0.25) is 0 Å². The first-order valence-electron chi connectivity index (χ1n) is 8.96. The molecule has 0 saturated heterocycles. The second-order valence-electron chi connectivity index (χ2n) is 6.75. The summed E-state index contributed by atoms with van der Waals surface area (Å²) in [4.78, 5) is 12.7. The lowest BCUT2D eigenvalue weighted by atomic mass is 9.74. The Balaban J connectivity index is 2.52. The molecule has 0 aromatic rings. The van der Waals surface area contributed by atoms with E-state index in [1.807, 2.05) is 13.0 Å². The van der Waals surface area contributed by atoms with E-state index in [1.54, 1.807) is 0 Å². The maximum absolute atomic E-state index is 12.7. The zero-order chi connectivity index (χ0) is 15.7. The molecule has 0 N–H and O–H groups in total. The summed E-state index contributed by atoms with van der Waals surface area (Å²) in [5, 5.41) is 0. The molecule has 0 radical (unpaired) electrons. The second-order valence-corrected chi connectivity index (χ2v) is 6.75. The van der Waals surface area contributed by atoms with E-state index in [9.17, 15) is 4.79 Å². The third-order valence-corrected chi connectivity index (χ3v) is 5.07. The van der Waals surface area contributed by atoms with E-state index in [1.165, 1.54) is 32.1 Å². The second kappa shape index (κ2) is 9.97. The van der Waals surface area contributed by atoms with Gasteiger partial charge in [0.15, 0.2) is 0 Å². The minimum atomic E-state index is 0.103. The van der Waals surface area contributed by atoms with Crippen LogP contribution in [0.15, 0.2) is 24.3 Å². The smallest absolute Gasteiger partial charge is 0.143 e. The molecule has 0 spiro atoms. The zero-order valence-corrected chi connectivity index (χ0v) is 14.4. The summed E-state index contributed by atoms with van der Waals surface area (Å²) in [5.41, 5.74) is 1.15. The van der Waals surface area contributed by atoms with E-state index in [0.717, 1.165) is 37.2 Å². The molecule has 2 unspecified atom stereocenters. The molecule has 1 nitrogen and oxygen atoms in total. The van der Waals surface area contributed by atoms with Crippen LogP contribution in [0.2, 0.25) is 0 Å². The van der Waals surface area contributed by atoms with Crippen molar-refractivity contribution < 1.29 is 4.79 Å². The standard InChI is InChI=1S/C20H34O/c1-5-8-9-11-16(4)14-15-19(17(6-2)7-3)20(21)18-12-10-13-18/h6-7,16,18-19H,2,5,8-15H2,1,3-4H3/b17-7+. The van der Waals surface area contributed by atoms with Gasteiger partial charge in [0.25, 0.3) is 0 Å². The highest BCUT2D eigenvalue weighted by molar-refractivity contribution is 5.87. The van der Waals surface area contributed by atoms with Crippen molar-refractivity contribution >= 4 is 5.78 Å². The van der Waals surface area contributed by atoms with Crippen LogP contribution in [0.5, 0.6) is 0 Å².